The van der Waals surface area contributed by atoms with E-state index in [2.05, 4.69) is 10.6 Å². The second-order valence-corrected chi connectivity index (χ2v) is 5.31. The minimum Gasteiger partial charge on any atom is -0.379 e. The van der Waals surface area contributed by atoms with E-state index < -0.39 is 0 Å². The average Bonchev–Trinajstić information content (AvgIpc) is 2.37. The van der Waals surface area contributed by atoms with Gasteiger partial charge in [0.2, 0.25) is 5.91 Å². The minimum absolute atomic E-state index is 0.173. The van der Waals surface area contributed by atoms with E-state index in [1.54, 1.807) is 0 Å². The zero-order valence-corrected chi connectivity index (χ0v) is 11.8. The highest BCUT2D eigenvalue weighted by Gasteiger charge is 2.13. The van der Waals surface area contributed by atoms with Crippen LogP contribution in [0, 0.1) is 0 Å². The van der Waals surface area contributed by atoms with Crippen molar-refractivity contribution in [1.29, 1.82) is 0 Å². The Bertz CT molecular complexity index is 226. The predicted octanol–water partition coefficient (Wildman–Crippen LogP) is 1.84. The van der Waals surface area contributed by atoms with Gasteiger partial charge in [0, 0.05) is 25.6 Å². The molecule has 1 unspecified atom stereocenters. The summed E-state index contributed by atoms with van der Waals surface area (Å²) in [5, 5.41) is 6.41. The molecule has 1 fully saturated rings. The summed E-state index contributed by atoms with van der Waals surface area (Å²) >= 11 is 0. The van der Waals surface area contributed by atoms with Crippen molar-refractivity contribution in [2.24, 2.45) is 0 Å². The molecule has 0 aliphatic carbocycles. The molecule has 1 rings (SSSR count). The van der Waals surface area contributed by atoms with Crippen molar-refractivity contribution in [3.63, 3.8) is 0 Å². The van der Waals surface area contributed by atoms with Crippen molar-refractivity contribution in [3.8, 4) is 0 Å². The van der Waals surface area contributed by atoms with Crippen LogP contribution in [-0.2, 0) is 9.53 Å². The van der Waals surface area contributed by atoms with E-state index in [0.29, 0.717) is 12.5 Å². The molecule has 2 N–H and O–H groups in total. The number of rotatable bonds is 8. The summed E-state index contributed by atoms with van der Waals surface area (Å²) in [6, 6.07) is 0.550. The van der Waals surface area contributed by atoms with Crippen LogP contribution in [0.25, 0.3) is 0 Å². The summed E-state index contributed by atoms with van der Waals surface area (Å²) in [7, 11) is 0. The Morgan fingerprint density at radius 1 is 1.44 bits per heavy atom. The maximum atomic E-state index is 11.6. The maximum Gasteiger partial charge on any atom is 0.220 e. The number of ether oxygens (including phenoxy) is 1. The van der Waals surface area contributed by atoms with Gasteiger partial charge in [0.15, 0.2) is 0 Å². The Morgan fingerprint density at radius 2 is 2.28 bits per heavy atom. The summed E-state index contributed by atoms with van der Waals surface area (Å²) in [6.07, 6.45) is 6.57. The summed E-state index contributed by atoms with van der Waals surface area (Å²) < 4.78 is 5.42. The van der Waals surface area contributed by atoms with E-state index in [4.69, 9.17) is 4.74 Å². The van der Waals surface area contributed by atoms with Crippen molar-refractivity contribution in [3.05, 3.63) is 0 Å². The van der Waals surface area contributed by atoms with Crippen molar-refractivity contribution >= 4 is 5.91 Å². The summed E-state index contributed by atoms with van der Waals surface area (Å²) in [5.74, 6) is 0.173. The van der Waals surface area contributed by atoms with Crippen LogP contribution in [-0.4, -0.2) is 37.7 Å². The Hall–Kier alpha value is -0.610. The Morgan fingerprint density at radius 3 is 2.94 bits per heavy atom. The lowest BCUT2D eigenvalue weighted by Gasteiger charge is -2.23. The molecule has 0 aromatic rings. The highest BCUT2D eigenvalue weighted by atomic mass is 16.5. The predicted molar refractivity (Wildman–Crippen MR) is 73.6 cm³/mol. The molecule has 106 valence electrons. The van der Waals surface area contributed by atoms with Gasteiger partial charge >= 0.3 is 0 Å². The van der Waals surface area contributed by atoms with Crippen LogP contribution in [0.2, 0.25) is 0 Å². The molecule has 4 heteroatoms. The van der Waals surface area contributed by atoms with Crippen LogP contribution in [0.1, 0.15) is 52.4 Å². The summed E-state index contributed by atoms with van der Waals surface area (Å²) in [5.41, 5.74) is 0. The fourth-order valence-corrected chi connectivity index (χ4v) is 2.18. The first kappa shape index (κ1) is 15.4. The molecule has 1 atom stereocenters. The van der Waals surface area contributed by atoms with Gasteiger partial charge in [0.25, 0.3) is 0 Å². The molecule has 1 aliphatic rings. The van der Waals surface area contributed by atoms with E-state index in [9.17, 15) is 4.79 Å². The zero-order valence-electron chi connectivity index (χ0n) is 11.8. The fraction of sp³-hybridized carbons (Fsp3) is 0.929. The van der Waals surface area contributed by atoms with Crippen LogP contribution >= 0.6 is 0 Å². The monoisotopic (exact) mass is 256 g/mol. The Kier molecular flexibility index (Phi) is 8.01. The van der Waals surface area contributed by atoms with Crippen LogP contribution in [0.5, 0.6) is 0 Å². The SMILES string of the molecule is CC(C)OCCCNC(=O)CCC1CCCCN1. The molecule has 4 nitrogen and oxygen atoms in total. The summed E-state index contributed by atoms with van der Waals surface area (Å²) in [4.78, 5) is 11.6. The topological polar surface area (TPSA) is 50.4 Å². The number of piperidine rings is 1. The van der Waals surface area contributed by atoms with Crippen LogP contribution in [0.15, 0.2) is 0 Å². The van der Waals surface area contributed by atoms with Gasteiger partial charge in [0.05, 0.1) is 6.10 Å². The van der Waals surface area contributed by atoms with E-state index >= 15 is 0 Å². The number of hydrogen-bond donors (Lipinski definition) is 2. The lowest BCUT2D eigenvalue weighted by molar-refractivity contribution is -0.121. The lowest BCUT2D eigenvalue weighted by Crippen LogP contribution is -2.35. The van der Waals surface area contributed by atoms with Gasteiger partial charge in [-0.2, -0.15) is 0 Å². The molecule has 1 amide bonds. The molecule has 0 radical (unpaired) electrons. The maximum absolute atomic E-state index is 11.6. The normalized spacial score (nSPS) is 20.1. The number of carbonyl (C=O) groups is 1. The lowest BCUT2D eigenvalue weighted by atomic mass is 10.0. The smallest absolute Gasteiger partial charge is 0.220 e. The van der Waals surface area contributed by atoms with Crippen molar-refractivity contribution in [2.75, 3.05) is 19.7 Å². The molecule has 1 saturated heterocycles. The Labute approximate surface area is 111 Å². The van der Waals surface area contributed by atoms with Crippen LogP contribution in [0.4, 0.5) is 0 Å². The number of carbonyl (C=O) groups excluding carboxylic acids is 1. The van der Waals surface area contributed by atoms with Gasteiger partial charge in [-0.3, -0.25) is 4.79 Å². The van der Waals surface area contributed by atoms with Gasteiger partial charge in [-0.15, -0.1) is 0 Å². The molecule has 0 saturated carbocycles. The van der Waals surface area contributed by atoms with Crippen molar-refractivity contribution in [1.82, 2.24) is 10.6 Å². The highest BCUT2D eigenvalue weighted by molar-refractivity contribution is 5.75. The highest BCUT2D eigenvalue weighted by Crippen LogP contribution is 2.11. The van der Waals surface area contributed by atoms with Crippen molar-refractivity contribution in [2.45, 2.75) is 64.5 Å². The van der Waals surface area contributed by atoms with Gasteiger partial charge < -0.3 is 15.4 Å². The fourth-order valence-electron chi connectivity index (χ4n) is 2.18. The van der Waals surface area contributed by atoms with Gasteiger partial charge in [-0.25, -0.2) is 0 Å². The third kappa shape index (κ3) is 7.67. The van der Waals surface area contributed by atoms with Gasteiger partial charge in [0.1, 0.15) is 0 Å². The van der Waals surface area contributed by atoms with Gasteiger partial charge in [-0.05, 0) is 46.1 Å². The average molecular weight is 256 g/mol. The van der Waals surface area contributed by atoms with Crippen LogP contribution in [0.3, 0.4) is 0 Å². The van der Waals surface area contributed by atoms with Crippen molar-refractivity contribution < 1.29 is 9.53 Å². The molecule has 0 aromatic carbocycles. The molecule has 1 heterocycles. The van der Waals surface area contributed by atoms with Gasteiger partial charge in [-0.1, -0.05) is 6.42 Å². The van der Waals surface area contributed by atoms with E-state index in [0.717, 1.165) is 32.5 Å². The van der Waals surface area contributed by atoms with E-state index in [-0.39, 0.29) is 12.0 Å². The third-order valence-corrected chi connectivity index (χ3v) is 3.23. The molecule has 0 bridgehead atoms. The largest absolute Gasteiger partial charge is 0.379 e. The second kappa shape index (κ2) is 9.34. The Balaban J connectivity index is 1.93. The first-order valence-electron chi connectivity index (χ1n) is 7.30. The zero-order chi connectivity index (χ0) is 13.2. The summed E-state index contributed by atoms with van der Waals surface area (Å²) in [6.45, 7) is 6.61. The van der Waals surface area contributed by atoms with E-state index in [1.807, 2.05) is 13.8 Å². The molecule has 1 aliphatic heterocycles. The first-order chi connectivity index (χ1) is 8.68. The minimum atomic E-state index is 0.173. The van der Waals surface area contributed by atoms with Crippen LogP contribution < -0.4 is 10.6 Å². The number of hydrogen-bond acceptors (Lipinski definition) is 3. The first-order valence-corrected chi connectivity index (χ1v) is 7.30. The molecular weight excluding hydrogens is 228 g/mol. The van der Waals surface area contributed by atoms with E-state index in [1.165, 1.54) is 19.3 Å². The second-order valence-electron chi connectivity index (χ2n) is 5.31. The third-order valence-electron chi connectivity index (χ3n) is 3.23. The quantitative estimate of drug-likeness (QED) is 0.652. The number of nitrogens with one attached hydrogen (secondary N) is 2. The molecule has 18 heavy (non-hydrogen) atoms. The molecule has 0 aromatic heterocycles. The standard InChI is InChI=1S/C14H28N2O2/c1-12(2)18-11-5-10-16-14(17)8-7-13-6-3-4-9-15-13/h12-13,15H,3-11H2,1-2H3,(H,16,17). The molecular formula is C14H28N2O2. The molecule has 0 spiro atoms. The number of amides is 1.